The summed E-state index contributed by atoms with van der Waals surface area (Å²) in [5, 5.41) is 6.91. The van der Waals surface area contributed by atoms with Gasteiger partial charge < -0.3 is 20.4 Å². The second-order valence-corrected chi connectivity index (χ2v) is 5.10. The van der Waals surface area contributed by atoms with Gasteiger partial charge in [0.15, 0.2) is 11.6 Å². The lowest BCUT2D eigenvalue weighted by Crippen LogP contribution is -2.27. The number of hydrogen-bond donors (Lipinski definition) is 2. The third-order valence-corrected chi connectivity index (χ3v) is 3.91. The highest BCUT2D eigenvalue weighted by molar-refractivity contribution is 5.86. The highest BCUT2D eigenvalue weighted by Crippen LogP contribution is 2.42. The van der Waals surface area contributed by atoms with E-state index >= 15 is 0 Å². The fraction of sp³-hybridized carbons (Fsp3) is 0.125. The molecule has 0 saturated heterocycles. The molecule has 4 rings (SSSR count). The Bertz CT molecular complexity index is 662. The van der Waals surface area contributed by atoms with Gasteiger partial charge >= 0.3 is 0 Å². The molecule has 2 heterocycles. The molecule has 20 heavy (non-hydrogen) atoms. The molecule has 4 nitrogen and oxygen atoms in total. The summed E-state index contributed by atoms with van der Waals surface area (Å²) < 4.78 is 0. The van der Waals surface area contributed by atoms with Gasteiger partial charge in [-0.25, -0.2) is 0 Å². The summed E-state index contributed by atoms with van der Waals surface area (Å²) in [5.41, 5.74) is 4.68. The average molecular weight is 264 g/mol. The van der Waals surface area contributed by atoms with Crippen LogP contribution in [0.2, 0.25) is 0 Å². The van der Waals surface area contributed by atoms with E-state index in [1.807, 2.05) is 12.1 Å². The van der Waals surface area contributed by atoms with Crippen molar-refractivity contribution in [1.29, 1.82) is 0 Å². The minimum absolute atomic E-state index is 1.02. The highest BCUT2D eigenvalue weighted by atomic mass is 15.4. The van der Waals surface area contributed by atoms with Gasteiger partial charge in [-0.05, 0) is 24.3 Å². The van der Waals surface area contributed by atoms with Crippen LogP contribution in [0.4, 0.5) is 22.7 Å². The van der Waals surface area contributed by atoms with Crippen LogP contribution in [0.25, 0.3) is 0 Å². The fourth-order valence-corrected chi connectivity index (χ4v) is 2.93. The van der Waals surface area contributed by atoms with Crippen molar-refractivity contribution < 1.29 is 0 Å². The lowest BCUT2D eigenvalue weighted by Gasteiger charge is -2.21. The minimum atomic E-state index is 1.02. The standard InChI is InChI=1S/C16H16N4/c1-19-13-9-5-6-10-14(13)20(2)16(19)15-17-11-7-3-4-8-12(11)18-15/h3-10,17-18H,1-2H3. The molecule has 0 aliphatic carbocycles. The Kier molecular flexibility index (Phi) is 2.21. The summed E-state index contributed by atoms with van der Waals surface area (Å²) in [5.74, 6) is 2.15. The molecule has 0 radical (unpaired) electrons. The first kappa shape index (κ1) is 11.2. The van der Waals surface area contributed by atoms with Gasteiger partial charge in [-0.15, -0.1) is 0 Å². The smallest absolute Gasteiger partial charge is 0.155 e. The van der Waals surface area contributed by atoms with E-state index in [4.69, 9.17) is 0 Å². The number of fused-ring (bicyclic) bond motifs is 2. The molecule has 0 bridgehead atoms. The molecule has 2 aliphatic heterocycles. The molecule has 0 amide bonds. The molecule has 2 aromatic rings. The number of para-hydroxylation sites is 4. The summed E-state index contributed by atoms with van der Waals surface area (Å²) in [6, 6.07) is 16.7. The van der Waals surface area contributed by atoms with Crippen LogP contribution in [0.15, 0.2) is 60.2 Å². The number of rotatable bonds is 0. The Hall–Kier alpha value is -2.62. The molecule has 100 valence electrons. The van der Waals surface area contributed by atoms with Crippen LogP contribution in [-0.4, -0.2) is 14.1 Å². The molecule has 4 heteroatoms. The summed E-state index contributed by atoms with van der Waals surface area (Å²) in [6.45, 7) is 0. The van der Waals surface area contributed by atoms with Crippen LogP contribution in [0, 0.1) is 0 Å². The summed E-state index contributed by atoms with van der Waals surface area (Å²) in [6.07, 6.45) is 0. The highest BCUT2D eigenvalue weighted by Gasteiger charge is 2.30. The van der Waals surface area contributed by atoms with Crippen molar-refractivity contribution in [1.82, 2.24) is 0 Å². The van der Waals surface area contributed by atoms with Gasteiger partial charge in [0.25, 0.3) is 0 Å². The number of nitrogens with one attached hydrogen (secondary N) is 2. The molecule has 0 saturated carbocycles. The van der Waals surface area contributed by atoms with E-state index < -0.39 is 0 Å². The Morgan fingerprint density at radius 1 is 0.700 bits per heavy atom. The van der Waals surface area contributed by atoms with Crippen LogP contribution >= 0.6 is 0 Å². The summed E-state index contributed by atoms with van der Waals surface area (Å²) in [7, 11) is 4.19. The second kappa shape index (κ2) is 3.93. The van der Waals surface area contributed by atoms with E-state index in [2.05, 4.69) is 70.9 Å². The van der Waals surface area contributed by atoms with Crippen LogP contribution in [-0.2, 0) is 0 Å². The SMILES string of the molecule is CN1C(=C2Nc3ccccc3N2)N(C)c2ccccc21. The van der Waals surface area contributed by atoms with Gasteiger partial charge in [-0.1, -0.05) is 24.3 Å². The zero-order valence-corrected chi connectivity index (χ0v) is 11.5. The predicted octanol–water partition coefficient (Wildman–Crippen LogP) is 3.24. The zero-order valence-electron chi connectivity index (χ0n) is 11.5. The van der Waals surface area contributed by atoms with Crippen molar-refractivity contribution in [2.75, 3.05) is 34.5 Å². The maximum Gasteiger partial charge on any atom is 0.155 e. The third kappa shape index (κ3) is 1.42. The van der Waals surface area contributed by atoms with Gasteiger partial charge in [-0.2, -0.15) is 0 Å². The molecule has 0 atom stereocenters. The normalized spacial score (nSPS) is 15.9. The van der Waals surface area contributed by atoms with Crippen LogP contribution in [0.3, 0.4) is 0 Å². The molecule has 0 spiro atoms. The fourth-order valence-electron chi connectivity index (χ4n) is 2.93. The van der Waals surface area contributed by atoms with E-state index in [1.165, 1.54) is 11.4 Å². The molecule has 2 N–H and O–H groups in total. The largest absolute Gasteiger partial charge is 0.337 e. The van der Waals surface area contributed by atoms with Crippen LogP contribution in [0.5, 0.6) is 0 Å². The number of nitrogens with zero attached hydrogens (tertiary/aromatic N) is 2. The molecular weight excluding hydrogens is 248 g/mol. The number of anilines is 4. The van der Waals surface area contributed by atoms with Crippen molar-refractivity contribution >= 4 is 22.7 Å². The van der Waals surface area contributed by atoms with Gasteiger partial charge in [0.1, 0.15) is 0 Å². The monoisotopic (exact) mass is 264 g/mol. The van der Waals surface area contributed by atoms with E-state index in [-0.39, 0.29) is 0 Å². The zero-order chi connectivity index (χ0) is 13.7. The molecule has 0 unspecified atom stereocenters. The van der Waals surface area contributed by atoms with Crippen molar-refractivity contribution in [2.24, 2.45) is 0 Å². The van der Waals surface area contributed by atoms with E-state index in [9.17, 15) is 0 Å². The summed E-state index contributed by atoms with van der Waals surface area (Å²) >= 11 is 0. The Morgan fingerprint density at radius 2 is 1.15 bits per heavy atom. The van der Waals surface area contributed by atoms with Gasteiger partial charge in [-0.3, -0.25) is 0 Å². The van der Waals surface area contributed by atoms with Gasteiger partial charge in [0.2, 0.25) is 0 Å². The minimum Gasteiger partial charge on any atom is -0.337 e. The van der Waals surface area contributed by atoms with Crippen molar-refractivity contribution in [2.45, 2.75) is 0 Å². The maximum atomic E-state index is 3.46. The Morgan fingerprint density at radius 3 is 1.65 bits per heavy atom. The van der Waals surface area contributed by atoms with E-state index in [1.54, 1.807) is 0 Å². The molecule has 0 aromatic heterocycles. The first-order valence-corrected chi connectivity index (χ1v) is 6.69. The maximum absolute atomic E-state index is 3.46. The molecular formula is C16H16N4. The number of benzene rings is 2. The lowest BCUT2D eigenvalue weighted by atomic mass is 10.3. The van der Waals surface area contributed by atoms with Crippen molar-refractivity contribution in [3.8, 4) is 0 Å². The number of hydrogen-bond acceptors (Lipinski definition) is 4. The van der Waals surface area contributed by atoms with E-state index in [0.29, 0.717) is 0 Å². The predicted molar refractivity (Wildman–Crippen MR) is 84.0 cm³/mol. The Labute approximate surface area is 118 Å². The first-order chi connectivity index (χ1) is 9.75. The molecule has 2 aliphatic rings. The quantitative estimate of drug-likeness (QED) is 0.764. The van der Waals surface area contributed by atoms with E-state index in [0.717, 1.165) is 23.0 Å². The first-order valence-electron chi connectivity index (χ1n) is 6.69. The van der Waals surface area contributed by atoms with Gasteiger partial charge in [0, 0.05) is 14.1 Å². The average Bonchev–Trinajstić information content (AvgIpc) is 3.00. The second-order valence-electron chi connectivity index (χ2n) is 5.10. The topological polar surface area (TPSA) is 30.5 Å². The molecule has 2 aromatic carbocycles. The molecule has 0 fully saturated rings. The third-order valence-electron chi connectivity index (χ3n) is 3.91. The van der Waals surface area contributed by atoms with Crippen LogP contribution < -0.4 is 20.4 Å². The van der Waals surface area contributed by atoms with Crippen molar-refractivity contribution in [3.63, 3.8) is 0 Å². The summed E-state index contributed by atoms with van der Waals surface area (Å²) in [4.78, 5) is 4.41. The van der Waals surface area contributed by atoms with Crippen molar-refractivity contribution in [3.05, 3.63) is 60.2 Å². The van der Waals surface area contributed by atoms with Crippen LogP contribution in [0.1, 0.15) is 0 Å². The lowest BCUT2D eigenvalue weighted by molar-refractivity contribution is 1.02. The Balaban J connectivity index is 1.80. The van der Waals surface area contributed by atoms with Gasteiger partial charge in [0.05, 0.1) is 22.7 Å².